The summed E-state index contributed by atoms with van der Waals surface area (Å²) in [4.78, 5) is 11.0. The maximum absolute atomic E-state index is 11.8. The molecule has 1 aromatic carbocycles. The molecule has 0 aliphatic carbocycles. The monoisotopic (exact) mass is 257 g/mol. The lowest BCUT2D eigenvalue weighted by atomic mass is 10.2. The van der Waals surface area contributed by atoms with E-state index < -0.39 is 16.0 Å². The minimum absolute atomic E-state index is 0.0154. The van der Waals surface area contributed by atoms with Gasteiger partial charge in [-0.05, 0) is 24.6 Å². The van der Waals surface area contributed by atoms with E-state index in [1.54, 1.807) is 12.1 Å². The van der Waals surface area contributed by atoms with Crippen LogP contribution in [0.25, 0.3) is 0 Å². The van der Waals surface area contributed by atoms with Crippen LogP contribution in [0.5, 0.6) is 0 Å². The Hall–Kier alpha value is -1.40. The molecule has 0 aromatic heterocycles. The zero-order chi connectivity index (χ0) is 12.9. The highest BCUT2D eigenvalue weighted by Crippen LogP contribution is 2.10. The van der Waals surface area contributed by atoms with E-state index in [0.717, 1.165) is 5.56 Å². The molecule has 0 unspecified atom stereocenters. The van der Waals surface area contributed by atoms with E-state index in [1.165, 1.54) is 13.2 Å². The van der Waals surface area contributed by atoms with Gasteiger partial charge in [0.2, 0.25) is 10.0 Å². The Morgan fingerprint density at radius 3 is 2.71 bits per heavy atom. The van der Waals surface area contributed by atoms with Gasteiger partial charge in [0.15, 0.2) is 0 Å². The van der Waals surface area contributed by atoms with E-state index in [0.29, 0.717) is 0 Å². The fourth-order valence-electron chi connectivity index (χ4n) is 1.26. The Labute approximate surface area is 101 Å². The van der Waals surface area contributed by atoms with Gasteiger partial charge in [-0.25, -0.2) is 13.1 Å². The molecule has 0 atom stereocenters. The highest BCUT2D eigenvalue weighted by atomic mass is 32.2. The second kappa shape index (κ2) is 5.79. The first-order valence-corrected chi connectivity index (χ1v) is 6.57. The molecule has 6 heteroatoms. The number of nitrogens with one attached hydrogen (secondary N) is 1. The van der Waals surface area contributed by atoms with Gasteiger partial charge in [0.05, 0.1) is 18.4 Å². The number of carbonyl (C=O) groups excluding carboxylic acids is 1. The molecule has 1 N–H and O–H groups in total. The van der Waals surface area contributed by atoms with Crippen LogP contribution in [0.4, 0.5) is 0 Å². The van der Waals surface area contributed by atoms with Gasteiger partial charge in [0.1, 0.15) is 0 Å². The third-order valence-electron chi connectivity index (χ3n) is 2.15. The van der Waals surface area contributed by atoms with Crippen LogP contribution in [0.15, 0.2) is 29.2 Å². The van der Waals surface area contributed by atoms with Gasteiger partial charge >= 0.3 is 5.97 Å². The van der Waals surface area contributed by atoms with E-state index in [9.17, 15) is 13.2 Å². The molecule has 5 nitrogen and oxygen atoms in total. The van der Waals surface area contributed by atoms with Crippen LogP contribution < -0.4 is 4.72 Å². The number of hydrogen-bond donors (Lipinski definition) is 1. The third kappa shape index (κ3) is 4.16. The number of aryl methyl sites for hydroxylation is 1. The van der Waals surface area contributed by atoms with Crippen molar-refractivity contribution >= 4 is 16.0 Å². The van der Waals surface area contributed by atoms with Crippen LogP contribution in [0.3, 0.4) is 0 Å². The molecule has 1 aromatic rings. The van der Waals surface area contributed by atoms with Crippen molar-refractivity contribution in [2.75, 3.05) is 13.7 Å². The van der Waals surface area contributed by atoms with Crippen molar-refractivity contribution in [3.05, 3.63) is 29.8 Å². The van der Waals surface area contributed by atoms with E-state index in [2.05, 4.69) is 9.46 Å². The largest absolute Gasteiger partial charge is 0.469 e. The fraction of sp³-hybridized carbons (Fsp3) is 0.364. The maximum Gasteiger partial charge on any atom is 0.306 e. The van der Waals surface area contributed by atoms with Crippen LogP contribution >= 0.6 is 0 Å². The number of ether oxygens (including phenoxy) is 1. The predicted octanol–water partition coefficient (Wildman–Crippen LogP) is 0.836. The number of rotatable bonds is 5. The summed E-state index contributed by atoms with van der Waals surface area (Å²) in [6, 6.07) is 6.56. The molecular weight excluding hydrogens is 242 g/mol. The molecule has 94 valence electrons. The van der Waals surface area contributed by atoms with E-state index >= 15 is 0 Å². The molecule has 0 fully saturated rings. The summed E-state index contributed by atoms with van der Waals surface area (Å²) in [6.45, 7) is 1.84. The lowest BCUT2D eigenvalue weighted by Gasteiger charge is -2.06. The average molecular weight is 257 g/mol. The molecule has 0 spiro atoms. The first kappa shape index (κ1) is 13.7. The normalized spacial score (nSPS) is 11.2. The van der Waals surface area contributed by atoms with Crippen molar-refractivity contribution in [3.8, 4) is 0 Å². The summed E-state index contributed by atoms with van der Waals surface area (Å²) in [5.74, 6) is -0.447. The lowest BCUT2D eigenvalue weighted by Crippen LogP contribution is -2.26. The summed E-state index contributed by atoms with van der Waals surface area (Å²) >= 11 is 0. The topological polar surface area (TPSA) is 72.5 Å². The molecule has 0 saturated heterocycles. The lowest BCUT2D eigenvalue weighted by molar-refractivity contribution is -0.140. The number of sulfonamides is 1. The van der Waals surface area contributed by atoms with Crippen molar-refractivity contribution < 1.29 is 17.9 Å². The molecule has 17 heavy (non-hydrogen) atoms. The van der Waals surface area contributed by atoms with Crippen LogP contribution in [0, 0.1) is 6.92 Å². The molecule has 1 rings (SSSR count). The standard InChI is InChI=1S/C11H15NO4S/c1-9-4-3-5-10(8-9)17(14,15)12-7-6-11(13)16-2/h3-5,8,12H,6-7H2,1-2H3. The van der Waals surface area contributed by atoms with Gasteiger partial charge in [-0.2, -0.15) is 0 Å². The van der Waals surface area contributed by atoms with E-state index in [-0.39, 0.29) is 17.9 Å². The van der Waals surface area contributed by atoms with E-state index in [1.807, 2.05) is 13.0 Å². The Kier molecular flexibility index (Phi) is 4.65. The maximum atomic E-state index is 11.8. The summed E-state index contributed by atoms with van der Waals surface area (Å²) in [7, 11) is -2.28. The van der Waals surface area contributed by atoms with Gasteiger partial charge in [-0.3, -0.25) is 4.79 Å². The first-order valence-electron chi connectivity index (χ1n) is 5.09. The molecular formula is C11H15NO4S. The average Bonchev–Trinajstić information content (AvgIpc) is 2.28. The van der Waals surface area contributed by atoms with Gasteiger partial charge in [-0.1, -0.05) is 12.1 Å². The van der Waals surface area contributed by atoms with Crippen LogP contribution in [0.1, 0.15) is 12.0 Å². The minimum atomic E-state index is -3.54. The third-order valence-corrected chi connectivity index (χ3v) is 3.61. The quantitative estimate of drug-likeness (QED) is 0.793. The van der Waals surface area contributed by atoms with Crippen LogP contribution in [-0.2, 0) is 19.6 Å². The number of methoxy groups -OCH3 is 1. The van der Waals surface area contributed by atoms with Crippen molar-refractivity contribution in [1.82, 2.24) is 4.72 Å². The van der Waals surface area contributed by atoms with Gasteiger partial charge < -0.3 is 4.74 Å². The number of hydrogen-bond acceptors (Lipinski definition) is 4. The van der Waals surface area contributed by atoms with Crippen LogP contribution in [-0.4, -0.2) is 28.0 Å². The minimum Gasteiger partial charge on any atom is -0.469 e. The Morgan fingerprint density at radius 2 is 2.12 bits per heavy atom. The fourth-order valence-corrected chi connectivity index (χ4v) is 2.39. The predicted molar refractivity (Wildman–Crippen MR) is 63.0 cm³/mol. The summed E-state index contributed by atoms with van der Waals surface area (Å²) in [5.41, 5.74) is 0.862. The van der Waals surface area contributed by atoms with Crippen molar-refractivity contribution in [1.29, 1.82) is 0 Å². The van der Waals surface area contributed by atoms with Crippen molar-refractivity contribution in [2.45, 2.75) is 18.2 Å². The van der Waals surface area contributed by atoms with Crippen LogP contribution in [0.2, 0.25) is 0 Å². The summed E-state index contributed by atoms with van der Waals surface area (Å²) in [5, 5.41) is 0. The molecule has 0 saturated carbocycles. The number of carbonyl (C=O) groups is 1. The van der Waals surface area contributed by atoms with Gasteiger partial charge in [-0.15, -0.1) is 0 Å². The highest BCUT2D eigenvalue weighted by Gasteiger charge is 2.13. The van der Waals surface area contributed by atoms with Gasteiger partial charge in [0.25, 0.3) is 0 Å². The number of benzene rings is 1. The number of esters is 1. The zero-order valence-electron chi connectivity index (χ0n) is 9.76. The molecule has 0 amide bonds. The zero-order valence-corrected chi connectivity index (χ0v) is 10.6. The second-order valence-corrected chi connectivity index (χ2v) is 5.31. The SMILES string of the molecule is COC(=O)CCNS(=O)(=O)c1cccc(C)c1. The summed E-state index contributed by atoms with van der Waals surface area (Å²) < 4.78 is 30.3. The molecule has 0 radical (unpaired) electrons. The Bertz CT molecular complexity index is 496. The Morgan fingerprint density at radius 1 is 1.41 bits per heavy atom. The first-order chi connectivity index (χ1) is 7.95. The second-order valence-electron chi connectivity index (χ2n) is 3.54. The summed E-state index contributed by atoms with van der Waals surface area (Å²) in [6.07, 6.45) is 0.0154. The molecule has 0 aliphatic heterocycles. The smallest absolute Gasteiger partial charge is 0.306 e. The van der Waals surface area contributed by atoms with Gasteiger partial charge in [0, 0.05) is 6.54 Å². The Balaban J connectivity index is 2.66. The van der Waals surface area contributed by atoms with E-state index in [4.69, 9.17) is 0 Å². The molecule has 0 aliphatic rings. The highest BCUT2D eigenvalue weighted by molar-refractivity contribution is 7.89. The molecule has 0 heterocycles. The van der Waals surface area contributed by atoms with Crippen molar-refractivity contribution in [2.24, 2.45) is 0 Å². The van der Waals surface area contributed by atoms with Crippen molar-refractivity contribution in [3.63, 3.8) is 0 Å². The molecule has 0 bridgehead atoms.